The van der Waals surface area contributed by atoms with E-state index in [1.54, 1.807) is 0 Å². The number of phenols is 1. The molecule has 0 aromatic heterocycles. The minimum atomic E-state index is -0.728. The molecule has 2 rings (SSSR count). The molecule has 4 nitrogen and oxygen atoms in total. The summed E-state index contributed by atoms with van der Waals surface area (Å²) in [5.74, 6) is -1.41. The Labute approximate surface area is 98.4 Å². The number of hydrogen-bond donors (Lipinski definition) is 2. The van der Waals surface area contributed by atoms with Gasteiger partial charge >= 0.3 is 0 Å². The van der Waals surface area contributed by atoms with Gasteiger partial charge in [-0.2, -0.15) is 0 Å². The van der Waals surface area contributed by atoms with Gasteiger partial charge in [0.1, 0.15) is 11.6 Å². The predicted octanol–water partition coefficient (Wildman–Crippen LogP) is 1.44. The molecule has 2 N–H and O–H groups in total. The van der Waals surface area contributed by atoms with Crippen LogP contribution in [0.1, 0.15) is 23.7 Å². The highest BCUT2D eigenvalue weighted by molar-refractivity contribution is 5.94. The van der Waals surface area contributed by atoms with Crippen LogP contribution in [0.2, 0.25) is 0 Å². The lowest BCUT2D eigenvalue weighted by Gasteiger charge is -2.16. The van der Waals surface area contributed by atoms with Crippen molar-refractivity contribution >= 4 is 5.91 Å². The average molecular weight is 239 g/mol. The number of hydrogen-bond acceptors (Lipinski definition) is 3. The van der Waals surface area contributed by atoms with Gasteiger partial charge in [0, 0.05) is 12.7 Å². The number of amides is 1. The van der Waals surface area contributed by atoms with Crippen molar-refractivity contribution in [2.24, 2.45) is 0 Å². The maximum atomic E-state index is 13.4. The lowest BCUT2D eigenvalue weighted by Crippen LogP contribution is -2.39. The first-order chi connectivity index (χ1) is 8.08. The van der Waals surface area contributed by atoms with Gasteiger partial charge in [-0.15, -0.1) is 0 Å². The second kappa shape index (κ2) is 4.71. The topological polar surface area (TPSA) is 58.6 Å². The number of nitrogens with one attached hydrogen (secondary N) is 1. The molecule has 1 saturated heterocycles. The number of phenolic OH excluding ortho intramolecular Hbond substituents is 1. The van der Waals surface area contributed by atoms with Crippen molar-refractivity contribution in [3.8, 4) is 5.75 Å². The van der Waals surface area contributed by atoms with Crippen LogP contribution < -0.4 is 5.32 Å². The lowest BCUT2D eigenvalue weighted by atomic mass is 10.1. The number of rotatable bonds is 2. The second-order valence-electron chi connectivity index (χ2n) is 4.11. The molecule has 0 radical (unpaired) electrons. The van der Waals surface area contributed by atoms with E-state index in [1.165, 1.54) is 12.1 Å². The smallest absolute Gasteiger partial charge is 0.254 e. The molecule has 0 saturated carbocycles. The molecule has 1 heterocycles. The summed E-state index contributed by atoms with van der Waals surface area (Å²) in [5.41, 5.74) is -0.0677. The molecular weight excluding hydrogens is 225 g/mol. The highest BCUT2D eigenvalue weighted by Crippen LogP contribution is 2.17. The van der Waals surface area contributed by atoms with Crippen LogP contribution in [0.3, 0.4) is 0 Å². The van der Waals surface area contributed by atoms with E-state index in [2.05, 4.69) is 5.32 Å². The summed E-state index contributed by atoms with van der Waals surface area (Å²) in [5, 5.41) is 11.8. The van der Waals surface area contributed by atoms with E-state index in [0.29, 0.717) is 6.61 Å². The molecule has 1 aliphatic heterocycles. The Balaban J connectivity index is 2.09. The maximum Gasteiger partial charge on any atom is 0.254 e. The monoisotopic (exact) mass is 239 g/mol. The largest absolute Gasteiger partial charge is 0.508 e. The highest BCUT2D eigenvalue weighted by atomic mass is 19.1. The molecule has 0 spiro atoms. The van der Waals surface area contributed by atoms with Crippen LogP contribution in [-0.4, -0.2) is 29.8 Å². The SMILES string of the molecule is C[C@H]1OCC[C@@H]1NC(=O)c1ccc(O)cc1F. The van der Waals surface area contributed by atoms with Gasteiger partial charge in [0.15, 0.2) is 0 Å². The molecule has 17 heavy (non-hydrogen) atoms. The van der Waals surface area contributed by atoms with Crippen molar-refractivity contribution in [3.63, 3.8) is 0 Å². The molecule has 2 atom stereocenters. The van der Waals surface area contributed by atoms with E-state index in [-0.39, 0.29) is 23.5 Å². The minimum Gasteiger partial charge on any atom is -0.508 e. The third kappa shape index (κ3) is 2.55. The van der Waals surface area contributed by atoms with Crippen LogP contribution in [0.25, 0.3) is 0 Å². The fraction of sp³-hybridized carbons (Fsp3) is 0.417. The summed E-state index contributed by atoms with van der Waals surface area (Å²) in [6.07, 6.45) is 0.672. The molecule has 1 amide bonds. The summed E-state index contributed by atoms with van der Waals surface area (Å²) in [7, 11) is 0. The van der Waals surface area contributed by atoms with Crippen LogP contribution in [0.15, 0.2) is 18.2 Å². The van der Waals surface area contributed by atoms with Gasteiger partial charge in [-0.3, -0.25) is 4.79 Å². The van der Waals surface area contributed by atoms with Crippen molar-refractivity contribution < 1.29 is 19.0 Å². The second-order valence-corrected chi connectivity index (χ2v) is 4.11. The molecule has 0 aliphatic carbocycles. The van der Waals surface area contributed by atoms with E-state index >= 15 is 0 Å². The summed E-state index contributed by atoms with van der Waals surface area (Å²) in [4.78, 5) is 11.8. The molecule has 1 aromatic carbocycles. The molecule has 0 bridgehead atoms. The van der Waals surface area contributed by atoms with Gasteiger partial charge in [0.05, 0.1) is 17.7 Å². The first-order valence-corrected chi connectivity index (χ1v) is 5.49. The molecular formula is C12H14FNO3. The lowest BCUT2D eigenvalue weighted by molar-refractivity contribution is 0.0862. The van der Waals surface area contributed by atoms with Gasteiger partial charge in [-0.05, 0) is 25.5 Å². The number of benzene rings is 1. The first kappa shape index (κ1) is 11.9. The van der Waals surface area contributed by atoms with E-state index in [4.69, 9.17) is 9.84 Å². The van der Waals surface area contributed by atoms with Gasteiger partial charge in [0.25, 0.3) is 5.91 Å². The molecule has 1 aromatic rings. The summed E-state index contributed by atoms with van der Waals surface area (Å²) >= 11 is 0. The number of carbonyl (C=O) groups is 1. The third-order valence-electron chi connectivity index (χ3n) is 2.89. The molecule has 1 fully saturated rings. The van der Waals surface area contributed by atoms with Crippen LogP contribution in [0, 0.1) is 5.82 Å². The Hall–Kier alpha value is -1.62. The zero-order chi connectivity index (χ0) is 12.4. The van der Waals surface area contributed by atoms with Crippen LogP contribution >= 0.6 is 0 Å². The van der Waals surface area contributed by atoms with Gasteiger partial charge < -0.3 is 15.2 Å². The van der Waals surface area contributed by atoms with Crippen LogP contribution in [-0.2, 0) is 4.74 Å². The van der Waals surface area contributed by atoms with Crippen molar-refractivity contribution in [1.82, 2.24) is 5.32 Å². The van der Waals surface area contributed by atoms with Gasteiger partial charge in [-0.25, -0.2) is 4.39 Å². The Morgan fingerprint density at radius 3 is 2.94 bits per heavy atom. The number of ether oxygens (including phenoxy) is 1. The van der Waals surface area contributed by atoms with E-state index < -0.39 is 11.7 Å². The Kier molecular flexibility index (Phi) is 3.28. The Morgan fingerprint density at radius 1 is 1.59 bits per heavy atom. The van der Waals surface area contributed by atoms with Crippen molar-refractivity contribution in [1.29, 1.82) is 0 Å². The first-order valence-electron chi connectivity index (χ1n) is 5.49. The average Bonchev–Trinajstić information content (AvgIpc) is 2.64. The van der Waals surface area contributed by atoms with E-state index in [9.17, 15) is 9.18 Å². The minimum absolute atomic E-state index is 0.0564. The van der Waals surface area contributed by atoms with Crippen LogP contribution in [0.4, 0.5) is 4.39 Å². The Bertz CT molecular complexity index is 436. The third-order valence-corrected chi connectivity index (χ3v) is 2.89. The predicted molar refractivity (Wildman–Crippen MR) is 59.4 cm³/mol. The fourth-order valence-corrected chi connectivity index (χ4v) is 1.86. The van der Waals surface area contributed by atoms with Gasteiger partial charge in [-0.1, -0.05) is 0 Å². The zero-order valence-electron chi connectivity index (χ0n) is 9.44. The molecule has 5 heteroatoms. The molecule has 0 unspecified atom stereocenters. The fourth-order valence-electron chi connectivity index (χ4n) is 1.86. The van der Waals surface area contributed by atoms with E-state index in [1.807, 2.05) is 6.92 Å². The number of carbonyl (C=O) groups excluding carboxylic acids is 1. The van der Waals surface area contributed by atoms with Crippen LogP contribution in [0.5, 0.6) is 5.75 Å². The summed E-state index contributed by atoms with van der Waals surface area (Å²) in [6.45, 7) is 2.47. The van der Waals surface area contributed by atoms with Gasteiger partial charge in [0.2, 0.25) is 0 Å². The number of halogens is 1. The quantitative estimate of drug-likeness (QED) is 0.821. The van der Waals surface area contributed by atoms with Crippen molar-refractivity contribution in [2.45, 2.75) is 25.5 Å². The highest BCUT2D eigenvalue weighted by Gasteiger charge is 2.26. The molecule has 92 valence electrons. The summed E-state index contributed by atoms with van der Waals surface area (Å²) < 4.78 is 18.7. The standard InChI is InChI=1S/C12H14FNO3/c1-7-11(4-5-17-7)14-12(16)9-3-2-8(15)6-10(9)13/h2-3,6-7,11,15H,4-5H2,1H3,(H,14,16)/t7-,11+/m1/s1. The van der Waals surface area contributed by atoms with E-state index in [0.717, 1.165) is 12.5 Å². The van der Waals surface area contributed by atoms with Crippen molar-refractivity contribution in [2.75, 3.05) is 6.61 Å². The summed E-state index contributed by atoms with van der Waals surface area (Å²) in [6, 6.07) is 3.38. The zero-order valence-corrected chi connectivity index (χ0v) is 9.44. The molecule has 1 aliphatic rings. The Morgan fingerprint density at radius 2 is 2.35 bits per heavy atom. The normalized spacial score (nSPS) is 23.6. The number of aromatic hydroxyl groups is 1. The maximum absolute atomic E-state index is 13.4. The van der Waals surface area contributed by atoms with Crippen molar-refractivity contribution in [3.05, 3.63) is 29.6 Å².